The molecule has 1 fully saturated rings. The summed E-state index contributed by atoms with van der Waals surface area (Å²) in [5.41, 5.74) is 0. The van der Waals surface area contributed by atoms with E-state index in [-0.39, 0.29) is 0 Å². The van der Waals surface area contributed by atoms with Crippen LogP contribution in [0.5, 0.6) is 0 Å². The Kier molecular flexibility index (Phi) is 4.82. The summed E-state index contributed by atoms with van der Waals surface area (Å²) in [6, 6.07) is 5.85. The highest BCUT2D eigenvalue weighted by Gasteiger charge is 2.25. The van der Waals surface area contributed by atoms with Crippen molar-refractivity contribution in [3.63, 3.8) is 0 Å². The number of hydrogen-bond donors (Lipinski definition) is 1. The number of aryl methyl sites for hydroxylation is 1. The Labute approximate surface area is 115 Å². The summed E-state index contributed by atoms with van der Waals surface area (Å²) in [5.74, 6) is 0.726. The van der Waals surface area contributed by atoms with Crippen LogP contribution in [-0.4, -0.2) is 36.6 Å². The first-order valence-corrected chi connectivity index (χ1v) is 7.90. The van der Waals surface area contributed by atoms with E-state index in [1.54, 1.807) is 0 Å². The number of thiophene rings is 1. The molecule has 1 aliphatic rings. The van der Waals surface area contributed by atoms with E-state index in [2.05, 4.69) is 50.0 Å². The van der Waals surface area contributed by atoms with Crippen LogP contribution in [-0.2, 0) is 6.42 Å². The maximum absolute atomic E-state index is 3.63. The van der Waals surface area contributed by atoms with Gasteiger partial charge in [0.25, 0.3) is 0 Å². The molecule has 102 valence electrons. The second-order valence-electron chi connectivity index (χ2n) is 5.87. The summed E-state index contributed by atoms with van der Waals surface area (Å²) >= 11 is 1.94. The number of nitrogens with one attached hydrogen (secondary N) is 1. The molecule has 1 saturated heterocycles. The molecule has 0 saturated carbocycles. The van der Waals surface area contributed by atoms with Crippen LogP contribution in [0.3, 0.4) is 0 Å². The van der Waals surface area contributed by atoms with Gasteiger partial charge < -0.3 is 5.32 Å². The summed E-state index contributed by atoms with van der Waals surface area (Å²) in [7, 11) is 0. The second kappa shape index (κ2) is 6.18. The van der Waals surface area contributed by atoms with Gasteiger partial charge in [-0.3, -0.25) is 4.90 Å². The first-order chi connectivity index (χ1) is 8.56. The zero-order chi connectivity index (χ0) is 13.1. The van der Waals surface area contributed by atoms with Crippen LogP contribution in [0, 0.1) is 12.8 Å². The maximum atomic E-state index is 3.63. The molecule has 1 N–H and O–H groups in total. The van der Waals surface area contributed by atoms with Gasteiger partial charge in [-0.2, -0.15) is 0 Å². The molecule has 0 radical (unpaired) electrons. The highest BCUT2D eigenvalue weighted by atomic mass is 32.1. The van der Waals surface area contributed by atoms with Gasteiger partial charge in [0.05, 0.1) is 0 Å². The Hall–Kier alpha value is -0.380. The number of nitrogens with zero attached hydrogens (tertiary/aromatic N) is 1. The van der Waals surface area contributed by atoms with Crippen molar-refractivity contribution in [2.24, 2.45) is 5.92 Å². The maximum Gasteiger partial charge on any atom is 0.0218 e. The normalized spacial score (nSPS) is 23.5. The van der Waals surface area contributed by atoms with Crippen LogP contribution in [0.15, 0.2) is 12.1 Å². The highest BCUT2D eigenvalue weighted by molar-refractivity contribution is 7.11. The van der Waals surface area contributed by atoms with Crippen molar-refractivity contribution in [2.45, 2.75) is 46.2 Å². The number of hydrogen-bond acceptors (Lipinski definition) is 3. The Morgan fingerprint density at radius 1 is 1.39 bits per heavy atom. The van der Waals surface area contributed by atoms with E-state index in [4.69, 9.17) is 0 Å². The van der Waals surface area contributed by atoms with Gasteiger partial charge in [-0.1, -0.05) is 13.8 Å². The van der Waals surface area contributed by atoms with E-state index in [9.17, 15) is 0 Å². The minimum absolute atomic E-state index is 0.659. The van der Waals surface area contributed by atoms with E-state index >= 15 is 0 Å². The second-order valence-corrected chi connectivity index (χ2v) is 7.24. The molecule has 2 heterocycles. The van der Waals surface area contributed by atoms with Crippen LogP contribution in [0.25, 0.3) is 0 Å². The van der Waals surface area contributed by atoms with Gasteiger partial charge in [-0.25, -0.2) is 0 Å². The topological polar surface area (TPSA) is 15.3 Å². The van der Waals surface area contributed by atoms with Crippen molar-refractivity contribution in [1.29, 1.82) is 0 Å². The molecule has 2 unspecified atom stereocenters. The third kappa shape index (κ3) is 3.56. The smallest absolute Gasteiger partial charge is 0.0218 e. The average Bonchev–Trinajstić information content (AvgIpc) is 2.75. The largest absolute Gasteiger partial charge is 0.311 e. The minimum Gasteiger partial charge on any atom is -0.311 e. The lowest BCUT2D eigenvalue weighted by Gasteiger charge is -2.39. The average molecular weight is 266 g/mol. The van der Waals surface area contributed by atoms with E-state index in [1.165, 1.54) is 29.3 Å². The molecule has 0 aliphatic carbocycles. The molecule has 0 amide bonds. The standard InChI is InChI=1S/C15H26N2S/c1-11(2)15-10-17(8-7-16-15)12(3)9-14-6-5-13(4)18-14/h5-6,11-12,15-16H,7-10H2,1-4H3. The molecule has 18 heavy (non-hydrogen) atoms. The van der Waals surface area contributed by atoms with Crippen molar-refractivity contribution < 1.29 is 0 Å². The molecule has 1 aliphatic heterocycles. The Bertz CT molecular complexity index is 372. The fourth-order valence-electron chi connectivity index (χ4n) is 2.66. The zero-order valence-corrected chi connectivity index (χ0v) is 12.9. The van der Waals surface area contributed by atoms with Crippen molar-refractivity contribution in [3.8, 4) is 0 Å². The molecule has 3 heteroatoms. The van der Waals surface area contributed by atoms with E-state index < -0.39 is 0 Å². The van der Waals surface area contributed by atoms with Gasteiger partial charge in [-0.15, -0.1) is 11.3 Å². The molecular weight excluding hydrogens is 240 g/mol. The lowest BCUT2D eigenvalue weighted by Crippen LogP contribution is -2.55. The third-order valence-corrected chi connectivity index (χ3v) is 4.98. The highest BCUT2D eigenvalue weighted by Crippen LogP contribution is 2.20. The van der Waals surface area contributed by atoms with E-state index in [0.29, 0.717) is 12.1 Å². The summed E-state index contributed by atoms with van der Waals surface area (Å²) in [4.78, 5) is 5.60. The Balaban J connectivity index is 1.90. The van der Waals surface area contributed by atoms with Gasteiger partial charge in [0.2, 0.25) is 0 Å². The molecule has 0 bridgehead atoms. The first-order valence-electron chi connectivity index (χ1n) is 7.09. The minimum atomic E-state index is 0.659. The number of rotatable bonds is 4. The van der Waals surface area contributed by atoms with Crippen molar-refractivity contribution in [1.82, 2.24) is 10.2 Å². The monoisotopic (exact) mass is 266 g/mol. The predicted octanol–water partition coefficient (Wildman–Crippen LogP) is 2.92. The van der Waals surface area contributed by atoms with Crippen LogP contribution in [0.1, 0.15) is 30.5 Å². The quantitative estimate of drug-likeness (QED) is 0.901. The molecule has 1 aromatic rings. The Morgan fingerprint density at radius 2 is 2.17 bits per heavy atom. The van der Waals surface area contributed by atoms with E-state index in [1.807, 2.05) is 11.3 Å². The van der Waals surface area contributed by atoms with E-state index in [0.717, 1.165) is 12.5 Å². The summed E-state index contributed by atoms with van der Waals surface area (Å²) in [6.07, 6.45) is 1.20. The van der Waals surface area contributed by atoms with Crippen LogP contribution in [0.4, 0.5) is 0 Å². The zero-order valence-electron chi connectivity index (χ0n) is 12.1. The van der Waals surface area contributed by atoms with Gasteiger partial charge in [0, 0.05) is 41.5 Å². The van der Waals surface area contributed by atoms with Crippen molar-refractivity contribution >= 4 is 11.3 Å². The molecule has 0 spiro atoms. The van der Waals surface area contributed by atoms with Gasteiger partial charge in [0.15, 0.2) is 0 Å². The molecular formula is C15H26N2S. The summed E-state index contributed by atoms with van der Waals surface area (Å²) in [6.45, 7) is 12.7. The van der Waals surface area contributed by atoms with Gasteiger partial charge >= 0.3 is 0 Å². The van der Waals surface area contributed by atoms with Gasteiger partial charge in [0.1, 0.15) is 0 Å². The molecule has 0 aromatic carbocycles. The third-order valence-electron chi connectivity index (χ3n) is 3.96. The summed E-state index contributed by atoms with van der Waals surface area (Å²) < 4.78 is 0. The molecule has 2 rings (SSSR count). The predicted molar refractivity (Wildman–Crippen MR) is 80.4 cm³/mol. The van der Waals surface area contributed by atoms with Crippen LogP contribution < -0.4 is 5.32 Å². The SMILES string of the molecule is Cc1ccc(CC(C)N2CCNC(C(C)C)C2)s1. The van der Waals surface area contributed by atoms with Crippen LogP contribution >= 0.6 is 11.3 Å². The molecule has 2 nitrogen and oxygen atoms in total. The first kappa shape index (κ1) is 14.0. The lowest BCUT2D eigenvalue weighted by molar-refractivity contribution is 0.134. The van der Waals surface area contributed by atoms with Gasteiger partial charge in [-0.05, 0) is 38.3 Å². The molecule has 2 atom stereocenters. The summed E-state index contributed by atoms with van der Waals surface area (Å²) in [5, 5.41) is 3.63. The fourth-order valence-corrected chi connectivity index (χ4v) is 3.67. The fraction of sp³-hybridized carbons (Fsp3) is 0.733. The number of piperazine rings is 1. The lowest BCUT2D eigenvalue weighted by atomic mass is 10.0. The van der Waals surface area contributed by atoms with Crippen LogP contribution in [0.2, 0.25) is 0 Å². The van der Waals surface area contributed by atoms with Crippen molar-refractivity contribution in [3.05, 3.63) is 21.9 Å². The Morgan fingerprint density at radius 3 is 2.78 bits per heavy atom. The van der Waals surface area contributed by atoms with Crippen molar-refractivity contribution in [2.75, 3.05) is 19.6 Å². The molecule has 1 aromatic heterocycles.